The Kier molecular flexibility index (Phi) is 13.0. The molecule has 0 bridgehead atoms. The smallest absolute Gasteiger partial charge is 1.00 e. The number of halogens is 1. The molecule has 0 rings (SSSR count). The Morgan fingerprint density at radius 1 is 1.42 bits per heavy atom. The summed E-state index contributed by atoms with van der Waals surface area (Å²) in [6.45, 7) is 9.12. The Hall–Kier alpha value is 0.823. The monoisotopic (exact) mass is 334 g/mol. The second-order valence-electron chi connectivity index (χ2n) is 3.19. The van der Waals surface area contributed by atoms with Crippen molar-refractivity contribution >= 4 is 5.97 Å². The molecule has 12 heavy (non-hydrogen) atoms. The van der Waals surface area contributed by atoms with Gasteiger partial charge in [-0.05, 0) is 20.8 Å². The summed E-state index contributed by atoms with van der Waals surface area (Å²) in [7, 11) is 0. The summed E-state index contributed by atoms with van der Waals surface area (Å²) in [5, 5.41) is 0. The van der Waals surface area contributed by atoms with Crippen molar-refractivity contribution in [3.8, 4) is 0 Å². The van der Waals surface area contributed by atoms with Crippen LogP contribution in [0.3, 0.4) is 0 Å². The van der Waals surface area contributed by atoms with Crippen molar-refractivity contribution in [3.63, 3.8) is 0 Å². The van der Waals surface area contributed by atoms with E-state index in [-0.39, 0.29) is 55.0 Å². The van der Waals surface area contributed by atoms with E-state index in [1.807, 2.05) is 20.8 Å². The summed E-state index contributed by atoms with van der Waals surface area (Å²) in [6.07, 6.45) is 1.02. The van der Waals surface area contributed by atoms with Gasteiger partial charge < -0.3 is 35.6 Å². The fraction of sp³-hybridized carbons (Fsp3) is 0.750. The molecule has 0 spiro atoms. The molecule has 68 valence electrons. The molecule has 0 N–H and O–H groups in total. The first-order valence-corrected chi connectivity index (χ1v) is 3.47. The van der Waals surface area contributed by atoms with E-state index < -0.39 is 0 Å². The molecule has 0 aliphatic carbocycles. The Morgan fingerprint density at radius 2 is 1.83 bits per heavy atom. The van der Waals surface area contributed by atoms with Crippen molar-refractivity contribution in [1.29, 1.82) is 0 Å². The Balaban J connectivity index is -0.000000405. The molecule has 0 radical (unpaired) electrons. The number of hydrogen-bond donors (Lipinski definition) is 0. The van der Waals surface area contributed by atoms with Crippen LogP contribution in [0.2, 0.25) is 0 Å². The summed E-state index contributed by atoms with van der Waals surface area (Å²) >= 11 is 0. The maximum absolute atomic E-state index is 10.8. The third-order valence-electron chi connectivity index (χ3n) is 0.801. The van der Waals surface area contributed by atoms with Gasteiger partial charge in [-0.3, -0.25) is 4.79 Å². The van der Waals surface area contributed by atoms with Crippen LogP contribution in [0.25, 0.3) is 0 Å². The summed E-state index contributed by atoms with van der Waals surface area (Å²) in [6, 6.07) is 0. The summed E-state index contributed by atoms with van der Waals surface area (Å²) in [5.74, 6) is -0.164. The number of carbonyl (C=O) groups is 1. The van der Waals surface area contributed by atoms with Gasteiger partial charge in [0, 0.05) is 6.42 Å². The van der Waals surface area contributed by atoms with Crippen LogP contribution in [-0.2, 0) is 29.0 Å². The molecule has 0 atom stereocenters. The van der Waals surface area contributed by atoms with Crippen LogP contribution in [0, 0.1) is 6.92 Å². The van der Waals surface area contributed by atoms with Crippen molar-refractivity contribution in [1.82, 2.24) is 0 Å². The number of rotatable bonds is 2. The van der Waals surface area contributed by atoms with E-state index in [2.05, 4.69) is 6.92 Å². The van der Waals surface area contributed by atoms with Gasteiger partial charge in [-0.25, -0.2) is 0 Å². The minimum absolute atomic E-state index is 0. The zero-order valence-electron chi connectivity index (χ0n) is 8.02. The van der Waals surface area contributed by atoms with Crippen molar-refractivity contribution in [3.05, 3.63) is 6.92 Å². The third-order valence-corrected chi connectivity index (χ3v) is 0.801. The topological polar surface area (TPSA) is 26.3 Å². The van der Waals surface area contributed by atoms with E-state index in [1.165, 1.54) is 0 Å². The molecule has 2 nitrogen and oxygen atoms in total. The summed E-state index contributed by atoms with van der Waals surface area (Å²) in [4.78, 5) is 10.8. The first kappa shape index (κ1) is 18.6. The molecule has 0 aromatic heterocycles. The molecule has 0 fully saturated rings. The van der Waals surface area contributed by atoms with Gasteiger partial charge in [-0.15, -0.1) is 0 Å². The molecule has 0 aromatic carbocycles. The minimum Gasteiger partial charge on any atom is -1.00 e. The average molecular weight is 335 g/mol. The molecule has 0 aliphatic rings. The predicted octanol–water partition coefficient (Wildman–Crippen LogP) is -1.06. The number of esters is 1. The molecule has 0 aliphatic heterocycles. The first-order chi connectivity index (χ1) is 4.45. The number of carbonyl (C=O) groups excluding carboxylic acids is 1. The van der Waals surface area contributed by atoms with E-state index in [0.717, 1.165) is 0 Å². The Labute approximate surface area is 105 Å². The Morgan fingerprint density at radius 3 is 2.08 bits per heavy atom. The van der Waals surface area contributed by atoms with E-state index in [1.54, 1.807) is 0 Å². The van der Waals surface area contributed by atoms with Crippen molar-refractivity contribution in [2.24, 2.45) is 0 Å². The predicted molar refractivity (Wildman–Crippen MR) is 40.4 cm³/mol. The fourth-order valence-electron chi connectivity index (χ4n) is 0.537. The molecular weight excluding hydrogens is 320 g/mol. The zero-order valence-corrected chi connectivity index (χ0v) is 13.1. The standard InChI is InChI=1S/C8H15O2.HI.Zn/c1-5-6-7(9)10-8(2,3)4;;/h1,5-6H2,2-4H3;1H;/q-1;;+2/p-1. The largest absolute Gasteiger partial charge is 2.00 e. The molecule has 0 aromatic rings. The second kappa shape index (κ2) is 8.42. The minimum atomic E-state index is -0.355. The SMILES string of the molecule is [CH2-]CCC(=O)OC(C)(C)C.[I-].[Zn+2]. The van der Waals surface area contributed by atoms with Gasteiger partial charge in [-0.2, -0.15) is 6.42 Å². The zero-order chi connectivity index (χ0) is 8.20. The number of hydrogen-bond acceptors (Lipinski definition) is 2. The van der Waals surface area contributed by atoms with Crippen LogP contribution < -0.4 is 24.0 Å². The van der Waals surface area contributed by atoms with Crippen LogP contribution in [0.4, 0.5) is 0 Å². The van der Waals surface area contributed by atoms with E-state index in [4.69, 9.17) is 4.74 Å². The third kappa shape index (κ3) is 13.4. The van der Waals surface area contributed by atoms with Gasteiger partial charge in [0.25, 0.3) is 0 Å². The van der Waals surface area contributed by atoms with Gasteiger partial charge in [0.2, 0.25) is 0 Å². The van der Waals surface area contributed by atoms with E-state index in [9.17, 15) is 4.79 Å². The summed E-state index contributed by atoms with van der Waals surface area (Å²) in [5.41, 5.74) is -0.355. The maximum Gasteiger partial charge on any atom is 2.00 e. The van der Waals surface area contributed by atoms with Gasteiger partial charge in [0.15, 0.2) is 0 Å². The van der Waals surface area contributed by atoms with Gasteiger partial charge in [-0.1, -0.05) is 0 Å². The first-order valence-electron chi connectivity index (χ1n) is 3.47. The van der Waals surface area contributed by atoms with Crippen LogP contribution in [-0.4, -0.2) is 11.6 Å². The quantitative estimate of drug-likeness (QED) is 0.278. The van der Waals surface area contributed by atoms with Crippen molar-refractivity contribution in [2.75, 3.05) is 0 Å². The van der Waals surface area contributed by atoms with Gasteiger partial charge in [0.1, 0.15) is 5.60 Å². The maximum atomic E-state index is 10.8. The number of ether oxygens (including phenoxy) is 1. The normalized spacial score (nSPS) is 9.33. The van der Waals surface area contributed by atoms with Gasteiger partial charge >= 0.3 is 25.4 Å². The fourth-order valence-corrected chi connectivity index (χ4v) is 0.537. The van der Waals surface area contributed by atoms with Gasteiger partial charge in [0.05, 0.1) is 0 Å². The van der Waals surface area contributed by atoms with Crippen LogP contribution in [0.5, 0.6) is 0 Å². The second-order valence-corrected chi connectivity index (χ2v) is 3.19. The van der Waals surface area contributed by atoms with Crippen LogP contribution in [0.1, 0.15) is 33.6 Å². The average Bonchev–Trinajstić information content (AvgIpc) is 1.59. The molecule has 0 saturated carbocycles. The molecule has 0 unspecified atom stereocenters. The van der Waals surface area contributed by atoms with E-state index >= 15 is 0 Å². The van der Waals surface area contributed by atoms with Crippen molar-refractivity contribution < 1.29 is 53.0 Å². The molecule has 0 heterocycles. The summed E-state index contributed by atoms with van der Waals surface area (Å²) < 4.78 is 5.00. The van der Waals surface area contributed by atoms with Crippen LogP contribution >= 0.6 is 0 Å². The molecular formula is C8H15IO2Zn. The molecule has 0 amide bonds. The Bertz CT molecular complexity index is 121. The van der Waals surface area contributed by atoms with E-state index in [0.29, 0.717) is 12.8 Å². The van der Waals surface area contributed by atoms with Crippen molar-refractivity contribution in [2.45, 2.75) is 39.2 Å². The molecule has 4 heteroatoms. The molecule has 0 saturated heterocycles. The van der Waals surface area contributed by atoms with Crippen LogP contribution in [0.15, 0.2) is 0 Å².